The van der Waals surface area contributed by atoms with Crippen molar-refractivity contribution in [3.8, 4) is 0 Å². The SMILES string of the molecule is CCCCCCCCCCCCCCCCOCCC[C@H](O[C@H](C)Cn1cnc2c(N)ncnc21)P(=O)(O)O. The second-order valence-corrected chi connectivity index (χ2v) is 12.4. The molecule has 0 bridgehead atoms. The summed E-state index contributed by atoms with van der Waals surface area (Å²) in [5.41, 5.74) is 6.87. The van der Waals surface area contributed by atoms with E-state index in [1.807, 2.05) is 0 Å². The van der Waals surface area contributed by atoms with Crippen LogP contribution in [0.25, 0.3) is 11.2 Å². The molecule has 4 N–H and O–H groups in total. The molecule has 0 amide bonds. The van der Waals surface area contributed by atoms with E-state index in [0.29, 0.717) is 37.3 Å². The maximum Gasteiger partial charge on any atom is 0.354 e. The molecule has 2 aromatic rings. The zero-order valence-electron chi connectivity index (χ0n) is 24.2. The molecule has 10 nitrogen and oxygen atoms in total. The molecule has 0 aliphatic heterocycles. The van der Waals surface area contributed by atoms with Crippen LogP contribution in [0.5, 0.6) is 0 Å². The van der Waals surface area contributed by atoms with Gasteiger partial charge in [0.05, 0.1) is 19.0 Å². The Balaban J connectivity index is 1.49. The lowest BCUT2D eigenvalue weighted by Crippen LogP contribution is -2.24. The van der Waals surface area contributed by atoms with E-state index in [2.05, 4.69) is 21.9 Å². The molecule has 11 heteroatoms. The molecule has 0 aromatic carbocycles. The molecular formula is C28H52N5O5P. The number of nitrogens with two attached hydrogens (primary N) is 1. The minimum atomic E-state index is -4.42. The van der Waals surface area contributed by atoms with Crippen LogP contribution in [0.15, 0.2) is 12.7 Å². The van der Waals surface area contributed by atoms with Crippen LogP contribution >= 0.6 is 7.60 Å². The van der Waals surface area contributed by atoms with Crippen molar-refractivity contribution >= 4 is 24.6 Å². The number of hydrogen-bond acceptors (Lipinski definition) is 7. The number of ether oxygens (including phenoxy) is 2. The molecule has 2 aromatic heterocycles. The fourth-order valence-corrected chi connectivity index (χ4v) is 5.68. The van der Waals surface area contributed by atoms with Crippen LogP contribution in [0.3, 0.4) is 0 Å². The Morgan fingerprint density at radius 3 is 2.03 bits per heavy atom. The van der Waals surface area contributed by atoms with Crippen molar-refractivity contribution in [1.29, 1.82) is 0 Å². The maximum atomic E-state index is 12.0. The molecule has 0 aliphatic carbocycles. The molecule has 0 radical (unpaired) electrons. The molecule has 0 saturated heterocycles. The van der Waals surface area contributed by atoms with Crippen molar-refractivity contribution in [2.45, 2.75) is 135 Å². The minimum Gasteiger partial charge on any atom is -0.382 e. The number of nitrogens with zero attached hydrogens (tertiary/aromatic N) is 4. The lowest BCUT2D eigenvalue weighted by molar-refractivity contribution is 0.0100. The molecule has 0 aliphatic rings. The Morgan fingerprint density at radius 1 is 0.872 bits per heavy atom. The van der Waals surface area contributed by atoms with Crippen LogP contribution < -0.4 is 5.73 Å². The van der Waals surface area contributed by atoms with Gasteiger partial charge in [-0.3, -0.25) is 4.57 Å². The van der Waals surface area contributed by atoms with Gasteiger partial charge in [0.2, 0.25) is 0 Å². The molecular weight excluding hydrogens is 517 g/mol. The molecule has 2 rings (SSSR count). The lowest BCUT2D eigenvalue weighted by Gasteiger charge is -2.23. The maximum absolute atomic E-state index is 12.0. The average Bonchev–Trinajstić information content (AvgIpc) is 3.30. The van der Waals surface area contributed by atoms with Gasteiger partial charge in [0.15, 0.2) is 17.3 Å². The third-order valence-electron chi connectivity index (χ3n) is 7.03. The average molecular weight is 570 g/mol. The Morgan fingerprint density at radius 2 is 1.44 bits per heavy atom. The standard InChI is InChI=1S/C28H52N5O5P/c1-3-4-5-6-7-8-9-10-11-12-13-14-15-16-19-37-20-17-18-25(39(34,35)36)38-24(2)21-33-23-32-26-27(29)30-22-31-28(26)33/h22-25H,3-21H2,1-2H3,(H2,29,30,31)(H2,34,35,36)/t24-,25-/m1/s1. The summed E-state index contributed by atoms with van der Waals surface area (Å²) < 4.78 is 25.2. The monoisotopic (exact) mass is 569 g/mol. The summed E-state index contributed by atoms with van der Waals surface area (Å²) in [5.74, 6) is -0.888. The number of hydrogen-bond donors (Lipinski definition) is 3. The van der Waals surface area contributed by atoms with E-state index in [0.717, 1.165) is 6.42 Å². The molecule has 224 valence electrons. The van der Waals surface area contributed by atoms with Crippen LogP contribution in [0, 0.1) is 0 Å². The predicted molar refractivity (Wildman–Crippen MR) is 156 cm³/mol. The molecule has 0 unspecified atom stereocenters. The largest absolute Gasteiger partial charge is 0.382 e. The Bertz CT molecular complexity index is 954. The molecule has 0 fully saturated rings. The van der Waals surface area contributed by atoms with Gasteiger partial charge in [-0.2, -0.15) is 0 Å². The van der Waals surface area contributed by atoms with Crippen LogP contribution in [-0.2, 0) is 20.6 Å². The number of aromatic nitrogens is 4. The molecule has 2 heterocycles. The van der Waals surface area contributed by atoms with Gasteiger partial charge in [0, 0.05) is 13.2 Å². The van der Waals surface area contributed by atoms with Gasteiger partial charge >= 0.3 is 7.60 Å². The summed E-state index contributed by atoms with van der Waals surface area (Å²) in [4.78, 5) is 31.9. The van der Waals surface area contributed by atoms with Crippen LogP contribution in [-0.4, -0.2) is 54.5 Å². The van der Waals surface area contributed by atoms with E-state index < -0.39 is 19.5 Å². The van der Waals surface area contributed by atoms with Gasteiger partial charge in [0.1, 0.15) is 11.8 Å². The van der Waals surface area contributed by atoms with E-state index in [1.54, 1.807) is 17.8 Å². The van der Waals surface area contributed by atoms with Crippen molar-refractivity contribution in [1.82, 2.24) is 19.5 Å². The number of nitrogen functional groups attached to an aromatic ring is 1. The van der Waals surface area contributed by atoms with E-state index in [9.17, 15) is 14.4 Å². The normalized spacial score (nSPS) is 13.7. The zero-order valence-corrected chi connectivity index (χ0v) is 25.1. The predicted octanol–water partition coefficient (Wildman–Crippen LogP) is 6.60. The number of unbranched alkanes of at least 4 members (excludes halogenated alkanes) is 13. The highest BCUT2D eigenvalue weighted by molar-refractivity contribution is 7.52. The van der Waals surface area contributed by atoms with Crippen molar-refractivity contribution < 1.29 is 23.8 Å². The van der Waals surface area contributed by atoms with Gasteiger partial charge in [-0.25, -0.2) is 15.0 Å². The van der Waals surface area contributed by atoms with E-state index in [4.69, 9.17) is 15.2 Å². The van der Waals surface area contributed by atoms with Crippen molar-refractivity contribution in [2.75, 3.05) is 18.9 Å². The highest BCUT2D eigenvalue weighted by Crippen LogP contribution is 2.44. The molecule has 0 spiro atoms. The minimum absolute atomic E-state index is 0.229. The zero-order chi connectivity index (χ0) is 28.3. The molecule has 39 heavy (non-hydrogen) atoms. The Kier molecular flexibility index (Phi) is 16.8. The summed E-state index contributed by atoms with van der Waals surface area (Å²) in [6.45, 7) is 5.52. The third kappa shape index (κ3) is 14.0. The number of anilines is 1. The second-order valence-electron chi connectivity index (χ2n) is 10.7. The van der Waals surface area contributed by atoms with E-state index >= 15 is 0 Å². The van der Waals surface area contributed by atoms with Gasteiger partial charge in [-0.15, -0.1) is 0 Å². The third-order valence-corrected chi connectivity index (χ3v) is 8.16. The number of fused-ring (bicyclic) bond motifs is 1. The Hall–Kier alpha value is -1.58. The van der Waals surface area contributed by atoms with Gasteiger partial charge in [0.25, 0.3) is 0 Å². The smallest absolute Gasteiger partial charge is 0.354 e. The Labute approximate surface area is 234 Å². The number of rotatable bonds is 24. The van der Waals surface area contributed by atoms with Gasteiger partial charge < -0.3 is 29.6 Å². The van der Waals surface area contributed by atoms with Crippen molar-refractivity contribution in [3.05, 3.63) is 12.7 Å². The first-order valence-corrected chi connectivity index (χ1v) is 16.7. The summed E-state index contributed by atoms with van der Waals surface area (Å²) in [7, 11) is -4.42. The van der Waals surface area contributed by atoms with Crippen LogP contribution in [0.2, 0.25) is 0 Å². The topological polar surface area (TPSA) is 146 Å². The van der Waals surface area contributed by atoms with Crippen LogP contribution in [0.4, 0.5) is 5.82 Å². The van der Waals surface area contributed by atoms with Crippen molar-refractivity contribution in [2.24, 2.45) is 0 Å². The number of imidazole rings is 1. The van der Waals surface area contributed by atoms with E-state index in [1.165, 1.54) is 89.8 Å². The van der Waals surface area contributed by atoms with Crippen molar-refractivity contribution in [3.63, 3.8) is 0 Å². The summed E-state index contributed by atoms with van der Waals surface area (Å²) in [6, 6.07) is 0. The summed E-state index contributed by atoms with van der Waals surface area (Å²) in [5, 5.41) is 0. The fourth-order valence-electron chi connectivity index (χ4n) is 4.80. The first-order valence-electron chi connectivity index (χ1n) is 15.0. The first kappa shape index (κ1) is 33.6. The van der Waals surface area contributed by atoms with Crippen LogP contribution in [0.1, 0.15) is 117 Å². The van der Waals surface area contributed by atoms with E-state index in [-0.39, 0.29) is 12.2 Å². The fraction of sp³-hybridized carbons (Fsp3) is 0.821. The highest BCUT2D eigenvalue weighted by Gasteiger charge is 2.31. The second kappa shape index (κ2) is 19.5. The quantitative estimate of drug-likeness (QED) is 0.0940. The summed E-state index contributed by atoms with van der Waals surface area (Å²) in [6.07, 6.45) is 21.7. The highest BCUT2D eigenvalue weighted by atomic mass is 31.2. The molecule has 2 atom stereocenters. The first-order chi connectivity index (χ1) is 18.8. The summed E-state index contributed by atoms with van der Waals surface area (Å²) >= 11 is 0. The van der Waals surface area contributed by atoms with Gasteiger partial charge in [-0.1, -0.05) is 90.4 Å². The lowest BCUT2D eigenvalue weighted by atomic mass is 10.0. The molecule has 0 saturated carbocycles. The van der Waals surface area contributed by atoms with Gasteiger partial charge in [-0.05, 0) is 26.2 Å².